The van der Waals surface area contributed by atoms with Crippen molar-refractivity contribution in [2.24, 2.45) is 0 Å². The van der Waals surface area contributed by atoms with Gasteiger partial charge in [-0.3, -0.25) is 20.5 Å². The molecule has 0 aliphatic heterocycles. The Morgan fingerprint density at radius 2 is 1.88 bits per heavy atom. The van der Waals surface area contributed by atoms with Gasteiger partial charge in [0, 0.05) is 6.20 Å². The average molecular weight is 225 g/mol. The molecule has 0 radical (unpaired) electrons. The molecule has 90 valence electrons. The Morgan fingerprint density at radius 1 is 1.25 bits per heavy atom. The van der Waals surface area contributed by atoms with Crippen molar-refractivity contribution in [1.29, 1.82) is 0 Å². The van der Waals surface area contributed by atoms with Crippen molar-refractivity contribution in [1.82, 2.24) is 14.8 Å². The van der Waals surface area contributed by atoms with Gasteiger partial charge in [-0.25, -0.2) is 4.98 Å². The molecule has 6 heteroatoms. The van der Waals surface area contributed by atoms with Crippen LogP contribution in [0.2, 0.25) is 0 Å². The molecule has 0 amide bonds. The third kappa shape index (κ3) is 3.06. The van der Waals surface area contributed by atoms with Crippen molar-refractivity contribution in [2.45, 2.75) is 6.29 Å². The fourth-order valence-corrected chi connectivity index (χ4v) is 1.47. The Morgan fingerprint density at radius 3 is 2.38 bits per heavy atom. The summed E-state index contributed by atoms with van der Waals surface area (Å²) >= 11 is 0. The van der Waals surface area contributed by atoms with E-state index in [9.17, 15) is 0 Å². The SMILES string of the molecule is CN(C)C(Nc1cccnc1NO)N(C)C. The molecular formula is C10H19N5O. The molecule has 0 fully saturated rings. The van der Waals surface area contributed by atoms with Crippen LogP contribution in [0.4, 0.5) is 11.5 Å². The van der Waals surface area contributed by atoms with Gasteiger partial charge in [0.2, 0.25) is 0 Å². The van der Waals surface area contributed by atoms with Crippen LogP contribution < -0.4 is 10.8 Å². The minimum absolute atomic E-state index is 0.0244. The summed E-state index contributed by atoms with van der Waals surface area (Å²) in [5.74, 6) is 0.413. The lowest BCUT2D eigenvalue weighted by molar-refractivity contribution is 0.155. The van der Waals surface area contributed by atoms with Crippen LogP contribution in [0.1, 0.15) is 0 Å². The fourth-order valence-electron chi connectivity index (χ4n) is 1.47. The first-order valence-electron chi connectivity index (χ1n) is 5.00. The van der Waals surface area contributed by atoms with Gasteiger partial charge in [0.25, 0.3) is 0 Å². The predicted octanol–water partition coefficient (Wildman–Crippen LogP) is 0.701. The number of anilines is 2. The highest BCUT2D eigenvalue weighted by Gasteiger charge is 2.14. The summed E-state index contributed by atoms with van der Waals surface area (Å²) in [7, 11) is 7.89. The van der Waals surface area contributed by atoms with Gasteiger partial charge in [-0.2, -0.15) is 0 Å². The molecule has 0 unspecified atom stereocenters. The van der Waals surface area contributed by atoms with Crippen molar-refractivity contribution in [3.8, 4) is 0 Å². The van der Waals surface area contributed by atoms with E-state index in [0.717, 1.165) is 5.69 Å². The van der Waals surface area contributed by atoms with E-state index in [1.807, 2.05) is 50.1 Å². The van der Waals surface area contributed by atoms with Gasteiger partial charge in [0.05, 0.1) is 5.69 Å². The lowest BCUT2D eigenvalue weighted by atomic mass is 10.4. The molecule has 0 saturated heterocycles. The molecule has 1 rings (SSSR count). The molecule has 0 aromatic carbocycles. The standard InChI is InChI=1S/C10H19N5O/c1-14(2)10(15(3)4)12-8-6-5-7-11-9(8)13-16/h5-7,10,12,16H,1-4H3,(H,11,13). The van der Waals surface area contributed by atoms with E-state index < -0.39 is 0 Å². The van der Waals surface area contributed by atoms with Gasteiger partial charge < -0.3 is 5.32 Å². The lowest BCUT2D eigenvalue weighted by Crippen LogP contribution is -2.46. The Labute approximate surface area is 95.8 Å². The first kappa shape index (κ1) is 12.7. The lowest BCUT2D eigenvalue weighted by Gasteiger charge is -2.32. The van der Waals surface area contributed by atoms with Crippen LogP contribution in [-0.4, -0.2) is 54.5 Å². The van der Waals surface area contributed by atoms with E-state index in [4.69, 9.17) is 5.21 Å². The zero-order valence-electron chi connectivity index (χ0n) is 10.1. The summed E-state index contributed by atoms with van der Waals surface area (Å²) < 4.78 is 0. The minimum atomic E-state index is 0.0244. The third-order valence-corrected chi connectivity index (χ3v) is 2.18. The molecule has 0 aliphatic rings. The summed E-state index contributed by atoms with van der Waals surface area (Å²) in [6.07, 6.45) is 1.64. The second kappa shape index (κ2) is 5.64. The summed E-state index contributed by atoms with van der Waals surface area (Å²) in [6.45, 7) is 0. The number of hydrogen-bond donors (Lipinski definition) is 3. The molecule has 0 saturated carbocycles. The zero-order valence-corrected chi connectivity index (χ0v) is 10.1. The summed E-state index contributed by atoms with van der Waals surface area (Å²) in [5, 5.41) is 12.2. The second-order valence-corrected chi connectivity index (χ2v) is 3.96. The van der Waals surface area contributed by atoms with Gasteiger partial charge in [-0.05, 0) is 40.3 Å². The molecule has 3 N–H and O–H groups in total. The monoisotopic (exact) mass is 225 g/mol. The van der Waals surface area contributed by atoms with Gasteiger partial charge in [0.1, 0.15) is 6.29 Å². The highest BCUT2D eigenvalue weighted by atomic mass is 16.5. The summed E-state index contributed by atoms with van der Waals surface area (Å²) in [4.78, 5) is 8.05. The van der Waals surface area contributed by atoms with E-state index in [2.05, 4.69) is 15.8 Å². The van der Waals surface area contributed by atoms with Crippen LogP contribution >= 0.6 is 0 Å². The molecule has 0 atom stereocenters. The molecule has 1 aromatic heterocycles. The highest BCUT2D eigenvalue weighted by molar-refractivity contribution is 5.62. The second-order valence-electron chi connectivity index (χ2n) is 3.96. The van der Waals surface area contributed by atoms with Crippen molar-refractivity contribution in [2.75, 3.05) is 39.0 Å². The van der Waals surface area contributed by atoms with Crippen molar-refractivity contribution in [3.63, 3.8) is 0 Å². The maximum atomic E-state index is 8.93. The Bertz CT molecular complexity index is 321. The van der Waals surface area contributed by atoms with Crippen LogP contribution in [-0.2, 0) is 0 Å². The van der Waals surface area contributed by atoms with Gasteiger partial charge in [-0.1, -0.05) is 0 Å². The third-order valence-electron chi connectivity index (χ3n) is 2.18. The largest absolute Gasteiger partial charge is 0.354 e. The van der Waals surface area contributed by atoms with Gasteiger partial charge >= 0.3 is 0 Å². The molecule has 0 spiro atoms. The number of nitrogens with zero attached hydrogens (tertiary/aromatic N) is 3. The van der Waals surface area contributed by atoms with Crippen LogP contribution in [0.5, 0.6) is 0 Å². The van der Waals surface area contributed by atoms with Crippen LogP contribution in [0.15, 0.2) is 18.3 Å². The predicted molar refractivity (Wildman–Crippen MR) is 64.4 cm³/mol. The molecular weight excluding hydrogens is 206 g/mol. The Kier molecular flexibility index (Phi) is 4.48. The first-order valence-corrected chi connectivity index (χ1v) is 5.00. The average Bonchev–Trinajstić information content (AvgIpc) is 2.25. The van der Waals surface area contributed by atoms with Gasteiger partial charge in [-0.15, -0.1) is 0 Å². The van der Waals surface area contributed by atoms with Crippen LogP contribution in [0.3, 0.4) is 0 Å². The van der Waals surface area contributed by atoms with Crippen molar-refractivity contribution >= 4 is 11.5 Å². The first-order chi connectivity index (χ1) is 7.56. The van der Waals surface area contributed by atoms with E-state index in [1.165, 1.54) is 0 Å². The number of pyridine rings is 1. The van der Waals surface area contributed by atoms with Gasteiger partial charge in [0.15, 0.2) is 5.82 Å². The number of nitrogens with one attached hydrogen (secondary N) is 2. The molecule has 1 heterocycles. The minimum Gasteiger partial charge on any atom is -0.354 e. The zero-order chi connectivity index (χ0) is 12.1. The molecule has 1 aromatic rings. The van der Waals surface area contributed by atoms with Crippen molar-refractivity contribution < 1.29 is 5.21 Å². The normalized spacial score (nSPS) is 11.2. The van der Waals surface area contributed by atoms with Crippen LogP contribution in [0, 0.1) is 0 Å². The fraction of sp³-hybridized carbons (Fsp3) is 0.500. The quantitative estimate of drug-likeness (QED) is 0.506. The van der Waals surface area contributed by atoms with Crippen molar-refractivity contribution in [3.05, 3.63) is 18.3 Å². The maximum Gasteiger partial charge on any atom is 0.173 e. The maximum absolute atomic E-state index is 8.93. The molecule has 0 bridgehead atoms. The molecule has 0 aliphatic carbocycles. The number of aromatic nitrogens is 1. The smallest absolute Gasteiger partial charge is 0.173 e. The van der Waals surface area contributed by atoms with Crippen LogP contribution in [0.25, 0.3) is 0 Å². The Balaban J connectivity index is 2.85. The highest BCUT2D eigenvalue weighted by Crippen LogP contribution is 2.18. The van der Waals surface area contributed by atoms with E-state index in [-0.39, 0.29) is 6.29 Å². The van der Waals surface area contributed by atoms with E-state index in [1.54, 1.807) is 6.20 Å². The summed E-state index contributed by atoms with van der Waals surface area (Å²) in [5.41, 5.74) is 2.82. The molecule has 16 heavy (non-hydrogen) atoms. The summed E-state index contributed by atoms with van der Waals surface area (Å²) in [6, 6.07) is 3.66. The number of hydrogen-bond acceptors (Lipinski definition) is 6. The Hall–Kier alpha value is -1.37. The molecule has 6 nitrogen and oxygen atoms in total. The topological polar surface area (TPSA) is 63.7 Å². The van der Waals surface area contributed by atoms with E-state index >= 15 is 0 Å². The number of rotatable bonds is 5. The van der Waals surface area contributed by atoms with E-state index in [0.29, 0.717) is 5.82 Å².